The fraction of sp³-hybridized carbons (Fsp3) is 0.466. The highest BCUT2D eigenvalue weighted by atomic mass is 32.2. The predicted molar refractivity (Wildman–Crippen MR) is 325 cm³/mol. The molecule has 3 heterocycles. The first kappa shape index (κ1) is 72.0. The summed E-state index contributed by atoms with van der Waals surface area (Å²) in [6.07, 6.45) is 10.1. The number of amides is 4. The number of alkyl carbamates (subject to hydrolysis) is 2. The molecule has 2 unspecified atom stereocenters. The van der Waals surface area contributed by atoms with Crippen molar-refractivity contribution in [2.45, 2.75) is 114 Å². The summed E-state index contributed by atoms with van der Waals surface area (Å²) in [7, 11) is 0. The molecule has 1 aliphatic rings. The Hall–Kier alpha value is -9.76. The molecule has 1 aliphatic heterocycles. The molecule has 492 valence electrons. The third-order valence-corrected chi connectivity index (χ3v) is 14.7. The summed E-state index contributed by atoms with van der Waals surface area (Å²) in [6.45, 7) is 0.958. The Bertz CT molecular complexity index is 3190. The average molecular weight is 1290 g/mol. The molecule has 2 aromatic carbocycles. The van der Waals surface area contributed by atoms with Crippen LogP contribution in [0.2, 0.25) is 0 Å². The minimum atomic E-state index is -1.35. The Labute approximate surface area is 526 Å². The number of rotatable bonds is 42. The monoisotopic (exact) mass is 1290 g/mol. The zero-order valence-electron chi connectivity index (χ0n) is 50.1. The van der Waals surface area contributed by atoms with E-state index in [4.69, 9.17) is 34.9 Å². The molecule has 10 N–H and O–H groups in total. The molecular weight excluding hydrogens is 1210 g/mol. The minimum absolute atomic E-state index is 0.0111. The lowest BCUT2D eigenvalue weighted by Gasteiger charge is -2.27. The lowest BCUT2D eigenvalue weighted by molar-refractivity contribution is -0.152. The van der Waals surface area contributed by atoms with Crippen LogP contribution in [0.3, 0.4) is 0 Å². The number of nitrogens with zero attached hydrogens (tertiary/aromatic N) is 10. The second-order valence-electron chi connectivity index (χ2n) is 20.6. The molecule has 0 saturated heterocycles. The van der Waals surface area contributed by atoms with Crippen molar-refractivity contribution in [2.24, 2.45) is 4.99 Å². The zero-order valence-corrected chi connectivity index (χ0v) is 50.9. The van der Waals surface area contributed by atoms with Gasteiger partial charge in [-0.15, -0.1) is 10.2 Å². The van der Waals surface area contributed by atoms with Crippen LogP contribution in [0.15, 0.2) is 89.2 Å². The molecule has 4 aromatic rings. The number of aliphatic carboxylic acids is 6. The number of anilines is 1. The van der Waals surface area contributed by atoms with Gasteiger partial charge >= 0.3 is 48.0 Å². The Morgan fingerprint density at radius 2 is 1.09 bits per heavy atom. The summed E-state index contributed by atoms with van der Waals surface area (Å²) >= 11 is 1.52. The maximum absolute atomic E-state index is 12.6. The quantitative estimate of drug-likeness (QED) is 0.0132. The lowest BCUT2D eigenvalue weighted by atomic mass is 9.99. The Kier molecular flexibility index (Phi) is 30.5. The number of ether oxygens (including phenoxy) is 2. The number of carboxylic acids is 6. The van der Waals surface area contributed by atoms with E-state index < -0.39 is 86.3 Å². The molecule has 0 aliphatic carbocycles. The first-order valence-electron chi connectivity index (χ1n) is 29.1. The van der Waals surface area contributed by atoms with Crippen LogP contribution in [0.25, 0.3) is 5.57 Å². The van der Waals surface area contributed by atoms with E-state index in [0.717, 1.165) is 42.1 Å². The molecule has 2 aromatic heterocycles. The van der Waals surface area contributed by atoms with Crippen molar-refractivity contribution in [2.75, 3.05) is 70.5 Å². The van der Waals surface area contributed by atoms with Crippen molar-refractivity contribution in [3.8, 4) is 0 Å². The van der Waals surface area contributed by atoms with Crippen molar-refractivity contribution >= 4 is 87.9 Å². The topological polar surface area (TPSA) is 442 Å². The number of nitrogens with one attached hydrogen (secondary N) is 4. The second-order valence-corrected chi connectivity index (χ2v) is 21.7. The second kappa shape index (κ2) is 38.6. The van der Waals surface area contributed by atoms with Crippen LogP contribution in [-0.4, -0.2) is 213 Å². The Morgan fingerprint density at radius 1 is 0.604 bits per heavy atom. The maximum Gasteiger partial charge on any atom is 0.407 e. The van der Waals surface area contributed by atoms with Crippen LogP contribution in [0.4, 0.5) is 15.3 Å². The number of aryl methyl sites for hydroxylation is 3. The number of thioether (sulfide) groups is 1. The van der Waals surface area contributed by atoms with Crippen molar-refractivity contribution in [1.82, 2.24) is 61.1 Å². The Balaban J connectivity index is 0.992. The number of hydrogen-bond donors (Lipinski definition) is 10. The number of aliphatic imine (C=N–C) groups is 1. The van der Waals surface area contributed by atoms with Gasteiger partial charge in [0.15, 0.2) is 0 Å². The molecule has 0 fully saturated rings. The fourth-order valence-corrected chi connectivity index (χ4v) is 10.1. The van der Waals surface area contributed by atoms with Crippen LogP contribution in [0, 0.1) is 6.92 Å². The molecule has 0 spiro atoms. The van der Waals surface area contributed by atoms with Gasteiger partial charge in [0.2, 0.25) is 11.8 Å². The molecule has 32 nitrogen and oxygen atoms in total. The molecule has 5 rings (SSSR count). The number of para-hydroxylation sites is 1. The standard InChI is InChI=1S/C58H76N14O18S/c1-39-12-2-5-17-47(39)91-50(61-23-10-28-89-57(87)62-31-41-33-71(66-64-41)26-19-48(73)59-21-8-6-15-45(55(83)84)69(35-51(75)76)36-52(77)78)30-40-18-25-68(44-14-4-3-13-43(40)44)24-11-29-90-58(88)63-32-42-34-72(67-65-42)27-20-49(74)60-22-9-7-16-46(56(85)86)70(37-53(79)80)38-54(81)82/h2-5,12-14,17-18,25,30,33-34,45-46H,6-11,15-16,19-24,26-29,31-32,35-38H2,1H3,(H,59,73)(H,60,74)(H,62,87)(H,63,88)(H,75,76)(H,77,78)(H,79,80)(H,81,82)(H,83,84)(H,85,86)/b40-30+,61-50+. The highest BCUT2D eigenvalue weighted by Crippen LogP contribution is 2.34. The molecule has 2 atom stereocenters. The van der Waals surface area contributed by atoms with Gasteiger partial charge in [-0.25, -0.2) is 9.59 Å². The minimum Gasteiger partial charge on any atom is -0.480 e. The van der Waals surface area contributed by atoms with Crippen LogP contribution in [-0.2, 0) is 74.0 Å². The normalized spacial score (nSPS) is 13.1. The van der Waals surface area contributed by atoms with E-state index in [2.05, 4.69) is 46.8 Å². The van der Waals surface area contributed by atoms with Gasteiger partial charge in [-0.2, -0.15) is 0 Å². The fourth-order valence-electron chi connectivity index (χ4n) is 9.12. The summed E-state index contributed by atoms with van der Waals surface area (Å²) in [4.78, 5) is 128. The number of carboxylic acid groups (broad SMARTS) is 6. The first-order chi connectivity index (χ1) is 43.6. The van der Waals surface area contributed by atoms with Gasteiger partial charge in [-0.1, -0.05) is 58.6 Å². The van der Waals surface area contributed by atoms with E-state index in [0.29, 0.717) is 56.6 Å². The number of hydrogen-bond acceptors (Lipinski definition) is 21. The molecule has 0 bridgehead atoms. The number of aromatic nitrogens is 6. The summed E-state index contributed by atoms with van der Waals surface area (Å²) in [5, 5.41) is 82.9. The van der Waals surface area contributed by atoms with Crippen LogP contribution >= 0.6 is 11.8 Å². The van der Waals surface area contributed by atoms with Crippen LogP contribution in [0.1, 0.15) is 86.7 Å². The van der Waals surface area contributed by atoms with Gasteiger partial charge in [-0.3, -0.25) is 62.5 Å². The summed E-state index contributed by atoms with van der Waals surface area (Å²) in [5.74, 6) is -8.70. The average Bonchev–Trinajstić information content (AvgIpc) is 1.58. The number of fused-ring (bicyclic) bond motifs is 1. The van der Waals surface area contributed by atoms with Gasteiger partial charge in [-0.05, 0) is 87.3 Å². The first-order valence-corrected chi connectivity index (χ1v) is 29.9. The number of carbonyl (C=O) groups excluding carboxylic acids is 4. The third kappa shape index (κ3) is 27.3. The van der Waals surface area contributed by atoms with Gasteiger partial charge in [0.05, 0.1) is 83.0 Å². The zero-order chi connectivity index (χ0) is 66.1. The molecule has 33 heteroatoms. The van der Waals surface area contributed by atoms with E-state index in [-0.39, 0.29) is 96.4 Å². The van der Waals surface area contributed by atoms with Gasteiger partial charge in [0.1, 0.15) is 23.5 Å². The van der Waals surface area contributed by atoms with Crippen molar-refractivity contribution < 1.29 is 88.1 Å². The van der Waals surface area contributed by atoms with Crippen LogP contribution in [0.5, 0.6) is 0 Å². The van der Waals surface area contributed by atoms with Crippen LogP contribution < -0.4 is 26.2 Å². The highest BCUT2D eigenvalue weighted by Gasteiger charge is 2.30. The maximum atomic E-state index is 12.6. The summed E-state index contributed by atoms with van der Waals surface area (Å²) in [5.41, 5.74) is 4.76. The smallest absolute Gasteiger partial charge is 0.407 e. The molecular formula is C58H76N14O18S. The number of unbranched alkanes of at least 4 members (excludes halogenated alkanes) is 2. The summed E-state index contributed by atoms with van der Waals surface area (Å²) < 4.78 is 13.7. The van der Waals surface area contributed by atoms with E-state index in [9.17, 15) is 58.2 Å². The van der Waals surface area contributed by atoms with E-state index in [1.165, 1.54) is 21.1 Å². The summed E-state index contributed by atoms with van der Waals surface area (Å²) in [6, 6.07) is 13.2. The van der Waals surface area contributed by atoms with E-state index in [1.807, 2.05) is 73.8 Å². The molecule has 0 saturated carbocycles. The SMILES string of the molecule is Cc1ccccc1SC(/C=C1\C=CN(CCCOC(=O)NCc2cn(CCC(=O)NCCCCC(C(=O)O)N(CC(=O)O)CC(=O)O)nn2)c2ccccc21)=N/CCCOC(=O)NCc1cn(CCC(=O)NCCCCC(C(=O)O)N(CC(=O)O)CC(=O)O)nn1. The number of allylic oxidation sites excluding steroid dienone is 2. The predicted octanol–water partition coefficient (Wildman–Crippen LogP) is 2.92. The largest absolute Gasteiger partial charge is 0.480 e. The van der Waals surface area contributed by atoms with E-state index >= 15 is 0 Å². The van der Waals surface area contributed by atoms with E-state index in [1.54, 1.807) is 12.4 Å². The Morgan fingerprint density at radius 3 is 1.58 bits per heavy atom. The molecule has 0 radical (unpaired) electrons. The number of benzene rings is 2. The van der Waals surface area contributed by atoms with Gasteiger partial charge in [0.25, 0.3) is 0 Å². The lowest BCUT2D eigenvalue weighted by Crippen LogP contribution is -2.46. The van der Waals surface area contributed by atoms with Crippen molar-refractivity contribution in [3.63, 3.8) is 0 Å². The highest BCUT2D eigenvalue weighted by molar-refractivity contribution is 8.14. The van der Waals surface area contributed by atoms with Gasteiger partial charge in [0, 0.05) is 67.8 Å². The molecule has 91 heavy (non-hydrogen) atoms. The van der Waals surface area contributed by atoms with Crippen molar-refractivity contribution in [3.05, 3.63) is 102 Å². The molecule has 4 amide bonds. The third-order valence-electron chi connectivity index (χ3n) is 13.5. The number of carbonyl (C=O) groups is 10. The van der Waals surface area contributed by atoms with Gasteiger partial charge < -0.3 is 66.3 Å². The van der Waals surface area contributed by atoms with Crippen molar-refractivity contribution in [1.29, 1.82) is 0 Å².